The van der Waals surface area contributed by atoms with Crippen LogP contribution in [-0.4, -0.2) is 9.97 Å². The van der Waals surface area contributed by atoms with Gasteiger partial charge in [-0.1, -0.05) is 19.9 Å². The molecule has 0 radical (unpaired) electrons. The molecule has 0 spiro atoms. The topological polar surface area (TPSA) is 51.8 Å². The van der Waals surface area contributed by atoms with Crippen LogP contribution in [0.5, 0.6) is 0 Å². The molecule has 0 saturated carbocycles. The van der Waals surface area contributed by atoms with Gasteiger partial charge in [-0.3, -0.25) is 0 Å². The predicted molar refractivity (Wildman–Crippen MR) is 73.6 cm³/mol. The Morgan fingerprint density at radius 3 is 2.67 bits per heavy atom. The Hall–Kier alpha value is -1.49. The fraction of sp³-hybridized carbons (Fsp3) is 0.231. The molecule has 18 heavy (non-hydrogen) atoms. The highest BCUT2D eigenvalue weighted by Crippen LogP contribution is 2.28. The molecular formula is C13H13BrFN3. The largest absolute Gasteiger partial charge is 0.384 e. The molecule has 2 N–H and O–H groups in total. The van der Waals surface area contributed by atoms with Gasteiger partial charge in [-0.05, 0) is 28.1 Å². The molecule has 94 valence electrons. The maximum absolute atomic E-state index is 14.0. The van der Waals surface area contributed by atoms with E-state index in [1.165, 1.54) is 0 Å². The molecule has 1 aromatic heterocycles. The highest BCUT2D eigenvalue weighted by atomic mass is 79.9. The maximum atomic E-state index is 14.0. The Bertz CT molecular complexity index is 584. The summed E-state index contributed by atoms with van der Waals surface area (Å²) in [5.41, 5.74) is 6.66. The first kappa shape index (κ1) is 13.0. The highest BCUT2D eigenvalue weighted by molar-refractivity contribution is 9.10. The van der Waals surface area contributed by atoms with E-state index in [-0.39, 0.29) is 11.7 Å². The number of anilines is 1. The van der Waals surface area contributed by atoms with E-state index in [1.54, 1.807) is 24.3 Å². The number of benzene rings is 1. The van der Waals surface area contributed by atoms with Gasteiger partial charge in [0, 0.05) is 17.5 Å². The summed E-state index contributed by atoms with van der Waals surface area (Å²) in [4.78, 5) is 8.50. The standard InChI is InChI=1S/C13H13BrFN3/c1-7(2)13-17-10(6-11(16)18-13)8-4-3-5-9(14)12(8)15/h3-7H,1-2H3,(H2,16,17,18). The zero-order valence-corrected chi connectivity index (χ0v) is 11.7. The normalized spacial score (nSPS) is 10.9. The third-order valence-corrected chi connectivity index (χ3v) is 3.12. The van der Waals surface area contributed by atoms with Crippen molar-refractivity contribution in [1.82, 2.24) is 9.97 Å². The number of rotatable bonds is 2. The minimum atomic E-state index is -0.342. The van der Waals surface area contributed by atoms with E-state index in [1.807, 2.05) is 13.8 Å². The van der Waals surface area contributed by atoms with Gasteiger partial charge in [-0.25, -0.2) is 14.4 Å². The third kappa shape index (κ3) is 2.51. The SMILES string of the molecule is CC(C)c1nc(N)cc(-c2cccc(Br)c2F)n1. The zero-order valence-electron chi connectivity index (χ0n) is 10.1. The molecule has 0 bridgehead atoms. The molecule has 5 heteroatoms. The zero-order chi connectivity index (χ0) is 13.3. The molecule has 3 nitrogen and oxygen atoms in total. The van der Waals surface area contributed by atoms with Gasteiger partial charge in [-0.2, -0.15) is 0 Å². The van der Waals surface area contributed by atoms with Crippen LogP contribution in [0, 0.1) is 5.82 Å². The van der Waals surface area contributed by atoms with Crippen molar-refractivity contribution in [1.29, 1.82) is 0 Å². The maximum Gasteiger partial charge on any atom is 0.146 e. The minimum Gasteiger partial charge on any atom is -0.384 e. The van der Waals surface area contributed by atoms with E-state index in [4.69, 9.17) is 5.73 Å². The van der Waals surface area contributed by atoms with Crippen LogP contribution in [0.4, 0.5) is 10.2 Å². The summed E-state index contributed by atoms with van der Waals surface area (Å²) in [6.45, 7) is 3.94. The lowest BCUT2D eigenvalue weighted by Crippen LogP contribution is -2.03. The molecular weight excluding hydrogens is 297 g/mol. The fourth-order valence-corrected chi connectivity index (χ4v) is 1.95. The van der Waals surface area contributed by atoms with Crippen LogP contribution >= 0.6 is 15.9 Å². The molecule has 0 aliphatic heterocycles. The van der Waals surface area contributed by atoms with E-state index >= 15 is 0 Å². The van der Waals surface area contributed by atoms with Gasteiger partial charge in [0.2, 0.25) is 0 Å². The average Bonchev–Trinajstić information content (AvgIpc) is 2.31. The molecule has 0 fully saturated rings. The van der Waals surface area contributed by atoms with Crippen molar-refractivity contribution < 1.29 is 4.39 Å². The van der Waals surface area contributed by atoms with Gasteiger partial charge in [0.15, 0.2) is 0 Å². The van der Waals surface area contributed by atoms with E-state index < -0.39 is 0 Å². The van der Waals surface area contributed by atoms with Crippen molar-refractivity contribution in [3.05, 3.63) is 40.4 Å². The van der Waals surface area contributed by atoms with Crippen LogP contribution in [0.2, 0.25) is 0 Å². The van der Waals surface area contributed by atoms with Crippen LogP contribution in [0.15, 0.2) is 28.7 Å². The first-order valence-electron chi connectivity index (χ1n) is 5.58. The summed E-state index contributed by atoms with van der Waals surface area (Å²) in [5, 5.41) is 0. The molecule has 0 aliphatic rings. The monoisotopic (exact) mass is 309 g/mol. The van der Waals surface area contributed by atoms with E-state index in [0.717, 1.165) is 0 Å². The smallest absolute Gasteiger partial charge is 0.146 e. The third-order valence-electron chi connectivity index (χ3n) is 2.51. The number of aromatic nitrogens is 2. The molecule has 1 aromatic carbocycles. The van der Waals surface area contributed by atoms with E-state index in [9.17, 15) is 4.39 Å². The number of hydrogen-bond donors (Lipinski definition) is 1. The summed E-state index contributed by atoms with van der Waals surface area (Å²) >= 11 is 3.16. The molecule has 0 aliphatic carbocycles. The Morgan fingerprint density at radius 2 is 2.00 bits per heavy atom. The van der Waals surface area contributed by atoms with Gasteiger partial charge in [0.1, 0.15) is 17.5 Å². The number of nitrogens with two attached hydrogens (primary N) is 1. The molecule has 2 aromatic rings. The minimum absolute atomic E-state index is 0.141. The molecule has 0 saturated heterocycles. The van der Waals surface area contributed by atoms with Crippen LogP contribution in [0.3, 0.4) is 0 Å². The van der Waals surface area contributed by atoms with Crippen molar-refractivity contribution in [2.45, 2.75) is 19.8 Å². The quantitative estimate of drug-likeness (QED) is 0.919. The lowest BCUT2D eigenvalue weighted by Gasteiger charge is -2.09. The van der Waals surface area contributed by atoms with Crippen molar-refractivity contribution in [2.24, 2.45) is 0 Å². The molecule has 2 rings (SSSR count). The summed E-state index contributed by atoms with van der Waals surface area (Å²) in [5.74, 6) is 0.764. The number of halogens is 2. The van der Waals surface area contributed by atoms with Crippen molar-refractivity contribution >= 4 is 21.7 Å². The first-order chi connectivity index (χ1) is 8.49. The summed E-state index contributed by atoms with van der Waals surface area (Å²) in [6.07, 6.45) is 0. The number of hydrogen-bond acceptors (Lipinski definition) is 3. The lowest BCUT2D eigenvalue weighted by atomic mass is 10.1. The predicted octanol–water partition coefficient (Wildman–Crippen LogP) is 3.75. The Kier molecular flexibility index (Phi) is 3.61. The Labute approximate surface area is 113 Å². The van der Waals surface area contributed by atoms with Crippen LogP contribution in [0.1, 0.15) is 25.6 Å². The second kappa shape index (κ2) is 5.02. The number of nitrogen functional groups attached to an aromatic ring is 1. The Morgan fingerprint density at radius 1 is 1.28 bits per heavy atom. The van der Waals surface area contributed by atoms with Crippen LogP contribution in [0.25, 0.3) is 11.3 Å². The highest BCUT2D eigenvalue weighted by Gasteiger charge is 2.13. The summed E-state index contributed by atoms with van der Waals surface area (Å²) in [6, 6.07) is 6.66. The molecule has 0 amide bonds. The van der Waals surface area contributed by atoms with Crippen molar-refractivity contribution in [2.75, 3.05) is 5.73 Å². The fourth-order valence-electron chi connectivity index (χ4n) is 1.58. The van der Waals surface area contributed by atoms with Gasteiger partial charge < -0.3 is 5.73 Å². The van der Waals surface area contributed by atoms with Gasteiger partial charge in [-0.15, -0.1) is 0 Å². The van der Waals surface area contributed by atoms with Gasteiger partial charge in [0.05, 0.1) is 10.2 Å². The van der Waals surface area contributed by atoms with Gasteiger partial charge in [0.25, 0.3) is 0 Å². The van der Waals surface area contributed by atoms with Crippen molar-refractivity contribution in [3.63, 3.8) is 0 Å². The van der Waals surface area contributed by atoms with E-state index in [2.05, 4.69) is 25.9 Å². The molecule has 0 unspecified atom stereocenters. The summed E-state index contributed by atoms with van der Waals surface area (Å²) < 4.78 is 14.4. The number of nitrogens with zero attached hydrogens (tertiary/aromatic N) is 2. The van der Waals surface area contributed by atoms with Crippen LogP contribution in [-0.2, 0) is 0 Å². The Balaban J connectivity index is 2.60. The van der Waals surface area contributed by atoms with Gasteiger partial charge >= 0.3 is 0 Å². The molecule has 1 heterocycles. The molecule has 0 atom stereocenters. The lowest BCUT2D eigenvalue weighted by molar-refractivity contribution is 0.623. The second-order valence-corrected chi connectivity index (χ2v) is 5.15. The first-order valence-corrected chi connectivity index (χ1v) is 6.37. The second-order valence-electron chi connectivity index (χ2n) is 4.29. The van der Waals surface area contributed by atoms with Crippen molar-refractivity contribution in [3.8, 4) is 11.3 Å². The average molecular weight is 310 g/mol. The van der Waals surface area contributed by atoms with E-state index in [0.29, 0.717) is 27.4 Å². The summed E-state index contributed by atoms with van der Waals surface area (Å²) in [7, 11) is 0. The van der Waals surface area contributed by atoms with Crippen LogP contribution < -0.4 is 5.73 Å².